The number of anilines is 2. The van der Waals surface area contributed by atoms with E-state index in [1.165, 1.54) is 16.9 Å². The molecule has 1 aromatic carbocycles. The normalized spacial score (nSPS) is 11.5. The Morgan fingerprint density at radius 2 is 2.09 bits per heavy atom. The van der Waals surface area contributed by atoms with Gasteiger partial charge in [0.2, 0.25) is 11.0 Å². The predicted octanol–water partition coefficient (Wildman–Crippen LogP) is 3.07. The molecule has 2 aromatic rings. The molecule has 0 aliphatic heterocycles. The number of hydrogen-bond acceptors (Lipinski definition) is 6. The van der Waals surface area contributed by atoms with Gasteiger partial charge in [0.1, 0.15) is 0 Å². The van der Waals surface area contributed by atoms with E-state index in [0.717, 1.165) is 12.1 Å². The Morgan fingerprint density at radius 1 is 1.36 bits per heavy atom. The minimum Gasteiger partial charge on any atom is -0.335 e. The Hall–Kier alpha value is -2.46. The highest BCUT2D eigenvalue weighted by Gasteiger charge is 2.18. The number of nitrogens with zero attached hydrogens (tertiary/aromatic N) is 3. The molecule has 0 fully saturated rings. The molecule has 0 radical (unpaired) electrons. The van der Waals surface area contributed by atoms with E-state index in [4.69, 9.17) is 0 Å². The molecule has 0 spiro atoms. The number of amides is 1. The lowest BCUT2D eigenvalue weighted by Crippen LogP contribution is -2.27. The van der Waals surface area contributed by atoms with E-state index >= 15 is 0 Å². The van der Waals surface area contributed by atoms with Crippen LogP contribution in [0.4, 0.5) is 10.8 Å². The molecule has 6 nitrogen and oxygen atoms in total. The number of benzene rings is 1. The van der Waals surface area contributed by atoms with Crippen molar-refractivity contribution in [1.82, 2.24) is 15.5 Å². The molecule has 1 aromatic heterocycles. The molecule has 1 heterocycles. The Morgan fingerprint density at radius 3 is 2.73 bits per heavy atom. The summed E-state index contributed by atoms with van der Waals surface area (Å²) in [4.78, 5) is 11.6. The van der Waals surface area contributed by atoms with Crippen LogP contribution >= 0.6 is 11.3 Å². The summed E-state index contributed by atoms with van der Waals surface area (Å²) in [5, 5.41) is 24.0. The molecule has 1 amide bonds. The second-order valence-corrected chi connectivity index (χ2v) is 5.83. The van der Waals surface area contributed by atoms with Gasteiger partial charge in [-0.3, -0.25) is 4.79 Å². The highest BCUT2D eigenvalue weighted by Crippen LogP contribution is 2.24. The Labute approximate surface area is 133 Å². The lowest BCUT2D eigenvalue weighted by atomic mass is 10.2. The van der Waals surface area contributed by atoms with Crippen LogP contribution in [0.15, 0.2) is 24.3 Å². The second-order valence-electron chi connectivity index (χ2n) is 4.82. The smallest absolute Gasteiger partial charge is 0.221 e. The SMILES string of the molecule is CCCC(=O)N[C@@H](C#N)c1nnc(Nc2ccc(C)cc2)s1. The van der Waals surface area contributed by atoms with Crippen molar-refractivity contribution in [2.45, 2.75) is 32.7 Å². The van der Waals surface area contributed by atoms with Crippen LogP contribution in [0.1, 0.15) is 36.4 Å². The third kappa shape index (κ3) is 4.27. The standard InChI is InChI=1S/C15H17N5OS/c1-3-4-13(21)18-12(9-16)14-19-20-15(22-14)17-11-7-5-10(2)6-8-11/h5-8,12H,3-4H2,1-2H3,(H,17,20)(H,18,21)/t12-/m0/s1. The average molecular weight is 315 g/mol. The molecule has 114 valence electrons. The van der Waals surface area contributed by atoms with E-state index in [-0.39, 0.29) is 5.91 Å². The van der Waals surface area contributed by atoms with Gasteiger partial charge in [-0.25, -0.2) is 0 Å². The van der Waals surface area contributed by atoms with E-state index in [1.54, 1.807) is 0 Å². The summed E-state index contributed by atoms with van der Waals surface area (Å²) < 4.78 is 0. The van der Waals surface area contributed by atoms with Crippen molar-refractivity contribution in [3.05, 3.63) is 34.8 Å². The van der Waals surface area contributed by atoms with Crippen molar-refractivity contribution < 1.29 is 4.79 Å². The zero-order valence-electron chi connectivity index (χ0n) is 12.5. The molecule has 0 bridgehead atoms. The van der Waals surface area contributed by atoms with Crippen LogP contribution in [0, 0.1) is 18.3 Å². The van der Waals surface area contributed by atoms with Crippen molar-refractivity contribution in [2.24, 2.45) is 0 Å². The number of aryl methyl sites for hydroxylation is 1. The first-order chi connectivity index (χ1) is 10.6. The van der Waals surface area contributed by atoms with Crippen LogP contribution in [0.2, 0.25) is 0 Å². The number of hydrogen-bond donors (Lipinski definition) is 2. The summed E-state index contributed by atoms with van der Waals surface area (Å²) in [6.07, 6.45) is 1.13. The van der Waals surface area contributed by atoms with Crippen LogP contribution in [0.3, 0.4) is 0 Å². The van der Waals surface area contributed by atoms with Crippen LogP contribution in [-0.4, -0.2) is 16.1 Å². The summed E-state index contributed by atoms with van der Waals surface area (Å²) in [5.41, 5.74) is 2.07. The third-order valence-electron chi connectivity index (χ3n) is 2.90. The van der Waals surface area contributed by atoms with Gasteiger partial charge in [-0.05, 0) is 25.5 Å². The summed E-state index contributed by atoms with van der Waals surface area (Å²) in [7, 11) is 0. The molecule has 2 rings (SSSR count). The average Bonchev–Trinajstić information content (AvgIpc) is 2.96. The fourth-order valence-electron chi connectivity index (χ4n) is 1.77. The minimum absolute atomic E-state index is 0.155. The van der Waals surface area contributed by atoms with Crippen molar-refractivity contribution >= 4 is 28.1 Å². The molecule has 22 heavy (non-hydrogen) atoms. The van der Waals surface area contributed by atoms with Crippen molar-refractivity contribution in [2.75, 3.05) is 5.32 Å². The molecule has 0 saturated carbocycles. The van der Waals surface area contributed by atoms with Crippen molar-refractivity contribution in [1.29, 1.82) is 5.26 Å². The van der Waals surface area contributed by atoms with Crippen LogP contribution in [-0.2, 0) is 4.79 Å². The van der Waals surface area contributed by atoms with Gasteiger partial charge in [0.05, 0.1) is 6.07 Å². The summed E-state index contributed by atoms with van der Waals surface area (Å²) in [5.74, 6) is -0.155. The second kappa shape index (κ2) is 7.52. The van der Waals surface area contributed by atoms with Gasteiger partial charge < -0.3 is 10.6 Å². The quantitative estimate of drug-likeness (QED) is 0.855. The highest BCUT2D eigenvalue weighted by atomic mass is 32.1. The Bertz CT molecular complexity index is 674. The molecule has 0 aliphatic rings. The van der Waals surface area contributed by atoms with Crippen LogP contribution < -0.4 is 10.6 Å². The predicted molar refractivity (Wildman–Crippen MR) is 85.8 cm³/mol. The maximum Gasteiger partial charge on any atom is 0.221 e. The van der Waals surface area contributed by atoms with Crippen molar-refractivity contribution in [3.8, 4) is 6.07 Å². The molecule has 2 N–H and O–H groups in total. The van der Waals surface area contributed by atoms with Gasteiger partial charge in [-0.15, -0.1) is 10.2 Å². The highest BCUT2D eigenvalue weighted by molar-refractivity contribution is 7.15. The van der Waals surface area contributed by atoms with E-state index < -0.39 is 6.04 Å². The summed E-state index contributed by atoms with van der Waals surface area (Å²) >= 11 is 1.25. The number of carbonyl (C=O) groups excluding carboxylic acids is 1. The Kier molecular flexibility index (Phi) is 5.44. The fourth-order valence-corrected chi connectivity index (χ4v) is 2.53. The van der Waals surface area contributed by atoms with Gasteiger partial charge in [0.25, 0.3) is 0 Å². The third-order valence-corrected chi connectivity index (χ3v) is 3.81. The van der Waals surface area contributed by atoms with E-state index in [0.29, 0.717) is 16.6 Å². The fraction of sp³-hybridized carbons (Fsp3) is 0.333. The van der Waals surface area contributed by atoms with Gasteiger partial charge in [0.15, 0.2) is 11.0 Å². The zero-order valence-corrected chi connectivity index (χ0v) is 13.3. The summed E-state index contributed by atoms with van der Waals surface area (Å²) in [6, 6.07) is 9.16. The monoisotopic (exact) mass is 315 g/mol. The molecular formula is C15H17N5OS. The number of rotatable bonds is 6. The lowest BCUT2D eigenvalue weighted by molar-refractivity contribution is -0.121. The van der Waals surface area contributed by atoms with E-state index in [9.17, 15) is 10.1 Å². The number of nitrogens with one attached hydrogen (secondary N) is 2. The van der Waals surface area contributed by atoms with E-state index in [2.05, 4.69) is 20.8 Å². The first kappa shape index (κ1) is 15.9. The minimum atomic E-state index is -0.759. The molecule has 0 unspecified atom stereocenters. The summed E-state index contributed by atoms with van der Waals surface area (Å²) in [6.45, 7) is 3.93. The van der Waals surface area contributed by atoms with Gasteiger partial charge >= 0.3 is 0 Å². The number of carbonyl (C=O) groups is 1. The molecule has 7 heteroatoms. The first-order valence-corrected chi connectivity index (χ1v) is 7.80. The zero-order chi connectivity index (χ0) is 15.9. The van der Waals surface area contributed by atoms with Gasteiger partial charge in [-0.1, -0.05) is 36.0 Å². The largest absolute Gasteiger partial charge is 0.335 e. The van der Waals surface area contributed by atoms with Crippen molar-refractivity contribution in [3.63, 3.8) is 0 Å². The topological polar surface area (TPSA) is 90.7 Å². The van der Waals surface area contributed by atoms with Crippen LogP contribution in [0.25, 0.3) is 0 Å². The van der Waals surface area contributed by atoms with E-state index in [1.807, 2.05) is 44.2 Å². The molecular weight excluding hydrogens is 298 g/mol. The van der Waals surface area contributed by atoms with Crippen LogP contribution in [0.5, 0.6) is 0 Å². The maximum absolute atomic E-state index is 11.6. The molecule has 0 aliphatic carbocycles. The Balaban J connectivity index is 2.04. The van der Waals surface area contributed by atoms with Gasteiger partial charge in [0, 0.05) is 12.1 Å². The van der Waals surface area contributed by atoms with Gasteiger partial charge in [-0.2, -0.15) is 5.26 Å². The lowest BCUT2D eigenvalue weighted by Gasteiger charge is -2.07. The molecule has 0 saturated heterocycles. The first-order valence-electron chi connectivity index (χ1n) is 6.98. The molecule has 1 atom stereocenters. The number of nitriles is 1. The number of aromatic nitrogens is 2. The maximum atomic E-state index is 11.6.